The molecule has 0 aliphatic carbocycles. The molecule has 19 heavy (non-hydrogen) atoms. The minimum atomic E-state index is -0.728. The number of hydrogen-bond acceptors (Lipinski definition) is 2. The molecule has 118 valence electrons. The minimum absolute atomic E-state index is 0.0285. The molecule has 0 spiro atoms. The fourth-order valence-corrected chi connectivity index (χ4v) is 3.04. The van der Waals surface area contributed by atoms with Crippen LogP contribution in [0.3, 0.4) is 0 Å². The van der Waals surface area contributed by atoms with Gasteiger partial charge in [0.05, 0.1) is 6.61 Å². The third-order valence-corrected chi connectivity index (χ3v) is 5.97. The SMILES string of the molecule is CC(C)(C)C(C)(C(O)OCCS(C)(C)C)C(C)(C)C. The van der Waals surface area contributed by atoms with Crippen LogP contribution in [-0.2, 0) is 4.74 Å². The second-order valence-electron chi connectivity index (χ2n) is 8.72. The Bertz CT molecular complexity index is 265. The first kappa shape index (κ1) is 19.3. The summed E-state index contributed by atoms with van der Waals surface area (Å²) in [5, 5.41) is 10.6. The van der Waals surface area contributed by atoms with E-state index < -0.39 is 16.3 Å². The molecule has 0 bridgehead atoms. The van der Waals surface area contributed by atoms with Crippen molar-refractivity contribution < 1.29 is 9.84 Å². The van der Waals surface area contributed by atoms with Crippen molar-refractivity contribution in [1.29, 1.82) is 0 Å². The fraction of sp³-hybridized carbons (Fsp3) is 1.00. The summed E-state index contributed by atoms with van der Waals surface area (Å²) in [4.78, 5) is 0. The Hall–Kier alpha value is 0.270. The summed E-state index contributed by atoms with van der Waals surface area (Å²) in [5.41, 5.74) is -0.355. The highest BCUT2D eigenvalue weighted by atomic mass is 32.3. The van der Waals surface area contributed by atoms with Crippen molar-refractivity contribution in [3.05, 3.63) is 0 Å². The second-order valence-corrected chi connectivity index (χ2v) is 13.3. The molecule has 0 fully saturated rings. The van der Waals surface area contributed by atoms with Crippen LogP contribution in [0.5, 0.6) is 0 Å². The summed E-state index contributed by atoms with van der Waals surface area (Å²) in [6, 6.07) is 0. The molecule has 0 heterocycles. The van der Waals surface area contributed by atoms with Crippen LogP contribution < -0.4 is 0 Å². The lowest BCUT2D eigenvalue weighted by atomic mass is 9.54. The van der Waals surface area contributed by atoms with Gasteiger partial charge in [0.1, 0.15) is 0 Å². The number of aliphatic hydroxyl groups excluding tert-OH is 1. The van der Waals surface area contributed by atoms with Gasteiger partial charge in [-0.05, 0) is 29.6 Å². The molecule has 0 aliphatic heterocycles. The molecule has 0 aromatic carbocycles. The normalized spacial score (nSPS) is 17.4. The number of ether oxygens (including phenoxy) is 1. The predicted octanol–water partition coefficient (Wildman–Crippen LogP) is 4.11. The van der Waals surface area contributed by atoms with Crippen LogP contribution in [0.25, 0.3) is 0 Å². The summed E-state index contributed by atoms with van der Waals surface area (Å²) in [6.45, 7) is 15.9. The van der Waals surface area contributed by atoms with E-state index in [0.29, 0.717) is 6.61 Å². The molecule has 3 heteroatoms. The van der Waals surface area contributed by atoms with Crippen LogP contribution in [0.1, 0.15) is 48.5 Å². The van der Waals surface area contributed by atoms with Crippen LogP contribution in [0, 0.1) is 16.2 Å². The summed E-state index contributed by atoms with van der Waals surface area (Å²) in [6.07, 6.45) is 6.09. The van der Waals surface area contributed by atoms with Gasteiger partial charge in [-0.3, -0.25) is 0 Å². The Morgan fingerprint density at radius 2 is 1.26 bits per heavy atom. The highest BCUT2D eigenvalue weighted by Gasteiger charge is 2.52. The molecule has 1 N–H and O–H groups in total. The van der Waals surface area contributed by atoms with E-state index in [0.717, 1.165) is 5.75 Å². The predicted molar refractivity (Wildman–Crippen MR) is 89.2 cm³/mol. The Labute approximate surface area is 122 Å². The molecule has 1 atom stereocenters. The first-order chi connectivity index (χ1) is 8.13. The van der Waals surface area contributed by atoms with Gasteiger partial charge in [0.15, 0.2) is 6.29 Å². The quantitative estimate of drug-likeness (QED) is 0.773. The van der Waals surface area contributed by atoms with E-state index in [1.165, 1.54) is 0 Å². The van der Waals surface area contributed by atoms with E-state index in [1.807, 2.05) is 0 Å². The van der Waals surface area contributed by atoms with E-state index in [9.17, 15) is 5.11 Å². The Morgan fingerprint density at radius 3 is 1.53 bits per heavy atom. The van der Waals surface area contributed by atoms with E-state index in [-0.39, 0.29) is 16.2 Å². The van der Waals surface area contributed by atoms with Crippen molar-refractivity contribution in [2.24, 2.45) is 16.2 Å². The standard InChI is InChI=1S/C16H36O2S/c1-14(2,3)16(7,15(4,5)6)13(17)18-11-12-19(8,9)10/h13,17H,11-12H2,1-10H3. The molecule has 0 saturated heterocycles. The van der Waals surface area contributed by atoms with Gasteiger partial charge >= 0.3 is 0 Å². The molecule has 0 aromatic rings. The molecule has 0 rings (SSSR count). The van der Waals surface area contributed by atoms with Crippen molar-refractivity contribution in [2.45, 2.75) is 54.8 Å². The third kappa shape index (κ3) is 4.95. The molecule has 1 unspecified atom stereocenters. The average Bonchev–Trinajstić information content (AvgIpc) is 2.10. The summed E-state index contributed by atoms with van der Waals surface area (Å²) in [5.74, 6) is 1.04. The zero-order valence-corrected chi connectivity index (χ0v) is 15.6. The van der Waals surface area contributed by atoms with Gasteiger partial charge in [-0.2, -0.15) is 0 Å². The maximum Gasteiger partial charge on any atom is 0.160 e. The van der Waals surface area contributed by atoms with Crippen molar-refractivity contribution in [3.8, 4) is 0 Å². The molecule has 0 saturated carbocycles. The lowest BCUT2D eigenvalue weighted by Gasteiger charge is -2.53. The number of hydrogen-bond donors (Lipinski definition) is 1. The van der Waals surface area contributed by atoms with Gasteiger partial charge in [0.25, 0.3) is 0 Å². The van der Waals surface area contributed by atoms with Crippen LogP contribution in [0.15, 0.2) is 0 Å². The maximum atomic E-state index is 10.6. The van der Waals surface area contributed by atoms with Gasteiger partial charge in [0.2, 0.25) is 0 Å². The topological polar surface area (TPSA) is 29.5 Å². The van der Waals surface area contributed by atoms with Crippen LogP contribution in [-0.4, -0.2) is 42.5 Å². The summed E-state index contributed by atoms with van der Waals surface area (Å²) < 4.78 is 5.81. The largest absolute Gasteiger partial charge is 0.367 e. The maximum absolute atomic E-state index is 10.6. The first-order valence-corrected chi connectivity index (χ1v) is 10.1. The lowest BCUT2D eigenvalue weighted by Crippen LogP contribution is -2.53. The van der Waals surface area contributed by atoms with E-state index in [2.05, 4.69) is 67.2 Å². The Kier molecular flexibility index (Phi) is 6.03. The highest BCUT2D eigenvalue weighted by molar-refractivity contribution is 8.32. The van der Waals surface area contributed by atoms with Gasteiger partial charge in [-0.25, -0.2) is 10.0 Å². The lowest BCUT2D eigenvalue weighted by molar-refractivity contribution is -0.236. The highest BCUT2D eigenvalue weighted by Crippen LogP contribution is 2.53. The van der Waals surface area contributed by atoms with Crippen molar-refractivity contribution in [1.82, 2.24) is 0 Å². The molecule has 0 radical (unpaired) electrons. The van der Waals surface area contributed by atoms with Gasteiger partial charge in [-0.15, -0.1) is 0 Å². The van der Waals surface area contributed by atoms with Crippen LogP contribution in [0.2, 0.25) is 0 Å². The molecule has 2 nitrogen and oxygen atoms in total. The monoisotopic (exact) mass is 292 g/mol. The van der Waals surface area contributed by atoms with Crippen molar-refractivity contribution in [2.75, 3.05) is 31.1 Å². The third-order valence-electron chi connectivity index (χ3n) is 4.58. The number of aliphatic hydroxyl groups is 1. The zero-order chi connectivity index (χ0) is 15.7. The van der Waals surface area contributed by atoms with E-state index in [1.54, 1.807) is 0 Å². The minimum Gasteiger partial charge on any atom is -0.367 e. The average molecular weight is 293 g/mol. The van der Waals surface area contributed by atoms with Gasteiger partial charge in [-0.1, -0.05) is 48.5 Å². The fourth-order valence-electron chi connectivity index (χ4n) is 2.44. The molecular weight excluding hydrogens is 256 g/mol. The van der Waals surface area contributed by atoms with Crippen LogP contribution >= 0.6 is 10.0 Å². The van der Waals surface area contributed by atoms with Crippen molar-refractivity contribution in [3.63, 3.8) is 0 Å². The smallest absolute Gasteiger partial charge is 0.160 e. The van der Waals surface area contributed by atoms with Gasteiger partial charge < -0.3 is 9.84 Å². The van der Waals surface area contributed by atoms with E-state index in [4.69, 9.17) is 4.74 Å². The molecular formula is C16H36O2S. The number of rotatable bonds is 5. The first-order valence-electron chi connectivity index (χ1n) is 7.08. The summed E-state index contributed by atoms with van der Waals surface area (Å²) in [7, 11) is -0.572. The van der Waals surface area contributed by atoms with Crippen molar-refractivity contribution >= 4 is 10.0 Å². The molecule has 0 aromatic heterocycles. The second kappa shape index (κ2) is 5.95. The molecule has 0 aliphatic rings. The van der Waals surface area contributed by atoms with E-state index >= 15 is 0 Å². The Balaban J connectivity index is 4.92. The Morgan fingerprint density at radius 1 is 0.895 bits per heavy atom. The van der Waals surface area contributed by atoms with Gasteiger partial charge in [0, 0.05) is 11.2 Å². The summed E-state index contributed by atoms with van der Waals surface area (Å²) >= 11 is 0. The van der Waals surface area contributed by atoms with Crippen LogP contribution in [0.4, 0.5) is 0 Å². The zero-order valence-electron chi connectivity index (χ0n) is 14.8. The molecule has 0 amide bonds.